The van der Waals surface area contributed by atoms with Crippen molar-refractivity contribution < 1.29 is 23.5 Å². The van der Waals surface area contributed by atoms with Crippen molar-refractivity contribution in [3.05, 3.63) is 107 Å². The van der Waals surface area contributed by atoms with Gasteiger partial charge in [0.15, 0.2) is 11.5 Å². The predicted molar refractivity (Wildman–Crippen MR) is 142 cm³/mol. The van der Waals surface area contributed by atoms with E-state index in [0.29, 0.717) is 42.9 Å². The van der Waals surface area contributed by atoms with Gasteiger partial charge in [0, 0.05) is 31.7 Å². The minimum atomic E-state index is -1.38. The molecule has 3 aromatic rings. The van der Waals surface area contributed by atoms with E-state index < -0.39 is 17.4 Å². The smallest absolute Gasteiger partial charge is 0.409 e. The molecule has 5 rings (SSSR count). The quantitative estimate of drug-likeness (QED) is 0.547. The largest absolute Gasteiger partial charge is 0.453 e. The average Bonchev–Trinajstić information content (AvgIpc) is 3.22. The van der Waals surface area contributed by atoms with Crippen molar-refractivity contribution in [1.29, 1.82) is 0 Å². The van der Waals surface area contributed by atoms with Gasteiger partial charge < -0.3 is 20.3 Å². The number of ether oxygens (including phenoxy) is 1. The van der Waals surface area contributed by atoms with Crippen molar-refractivity contribution in [2.45, 2.75) is 12.1 Å². The summed E-state index contributed by atoms with van der Waals surface area (Å²) in [7, 11) is 1.31. The summed E-state index contributed by atoms with van der Waals surface area (Å²) in [6.07, 6.45) is -0.452. The van der Waals surface area contributed by atoms with Gasteiger partial charge in [-0.1, -0.05) is 60.7 Å². The molecule has 3 amide bonds. The van der Waals surface area contributed by atoms with Crippen molar-refractivity contribution >= 4 is 23.9 Å². The van der Waals surface area contributed by atoms with Gasteiger partial charge in [-0.05, 0) is 34.9 Å². The van der Waals surface area contributed by atoms with Crippen molar-refractivity contribution in [2.24, 2.45) is 10.7 Å². The van der Waals surface area contributed by atoms with Gasteiger partial charge in [-0.25, -0.2) is 14.2 Å². The van der Waals surface area contributed by atoms with E-state index in [1.165, 1.54) is 29.0 Å². The number of guanidine groups is 1. The summed E-state index contributed by atoms with van der Waals surface area (Å²) < 4.78 is 19.4. The Hall–Kier alpha value is -4.73. The molecule has 39 heavy (non-hydrogen) atoms. The number of rotatable bonds is 5. The molecule has 2 aliphatic heterocycles. The fourth-order valence-electron chi connectivity index (χ4n) is 5.09. The molecule has 0 radical (unpaired) electrons. The lowest BCUT2D eigenvalue weighted by molar-refractivity contribution is -0.130. The standard InChI is InChI=1S/C29H28FN5O4/c1-39-28(38)34-14-12-33(13-15-34)25(36)21-16-20(17-24(30)18-21)19-35-26(37)29(32-27(35)31,22-8-4-2-5-9-22)23-10-6-3-7-11-23/h2-11,16-18H,12-15,19H2,1H3,(H2,31,32). The van der Waals surface area contributed by atoms with Crippen molar-refractivity contribution in [3.8, 4) is 0 Å². The van der Waals surface area contributed by atoms with Gasteiger partial charge in [0.1, 0.15) is 5.82 Å². The molecule has 0 aliphatic carbocycles. The summed E-state index contributed by atoms with van der Waals surface area (Å²) >= 11 is 0. The van der Waals surface area contributed by atoms with Gasteiger partial charge in [-0.15, -0.1) is 0 Å². The molecule has 0 unspecified atom stereocenters. The van der Waals surface area contributed by atoms with Crippen LogP contribution in [0.15, 0.2) is 83.9 Å². The predicted octanol–water partition coefficient (Wildman–Crippen LogP) is 2.95. The molecule has 1 saturated heterocycles. The SMILES string of the molecule is COC(=O)N1CCN(C(=O)c2cc(F)cc(CN3C(=O)C(c4ccccc4)(c4ccccc4)N=C3N)c2)CC1. The second kappa shape index (κ2) is 10.6. The summed E-state index contributed by atoms with van der Waals surface area (Å²) in [5, 5.41) is 0. The topological polar surface area (TPSA) is 109 Å². The Balaban J connectivity index is 1.40. The van der Waals surface area contributed by atoms with Crippen LogP contribution in [0, 0.1) is 5.82 Å². The van der Waals surface area contributed by atoms with Crippen LogP contribution in [0.25, 0.3) is 0 Å². The summed E-state index contributed by atoms with van der Waals surface area (Å²) in [5.41, 5.74) is 6.80. The number of carbonyl (C=O) groups is 3. The molecule has 2 N–H and O–H groups in total. The zero-order valence-corrected chi connectivity index (χ0v) is 21.4. The number of hydrogen-bond donors (Lipinski definition) is 1. The van der Waals surface area contributed by atoms with Crippen LogP contribution in [-0.4, -0.2) is 71.9 Å². The van der Waals surface area contributed by atoms with Crippen LogP contribution in [0.1, 0.15) is 27.0 Å². The van der Waals surface area contributed by atoms with Gasteiger partial charge in [-0.2, -0.15) is 0 Å². The molecule has 9 nitrogen and oxygen atoms in total. The second-order valence-corrected chi connectivity index (χ2v) is 9.40. The molecule has 0 bridgehead atoms. The summed E-state index contributed by atoms with van der Waals surface area (Å²) in [6.45, 7) is 1.15. The average molecular weight is 530 g/mol. The highest BCUT2D eigenvalue weighted by Crippen LogP contribution is 2.40. The molecule has 200 valence electrons. The molecular formula is C29H28FN5O4. The molecule has 2 aliphatic rings. The Morgan fingerprint density at radius 2 is 1.49 bits per heavy atom. The first-order valence-corrected chi connectivity index (χ1v) is 12.5. The Labute approximate surface area is 225 Å². The number of benzene rings is 3. The van der Waals surface area contributed by atoms with Crippen LogP contribution in [0.4, 0.5) is 9.18 Å². The maximum atomic E-state index is 14.7. The highest BCUT2D eigenvalue weighted by atomic mass is 19.1. The van der Waals surface area contributed by atoms with Gasteiger partial charge in [0.05, 0.1) is 13.7 Å². The lowest BCUT2D eigenvalue weighted by atomic mass is 9.83. The second-order valence-electron chi connectivity index (χ2n) is 9.40. The van der Waals surface area contributed by atoms with E-state index >= 15 is 0 Å². The molecular weight excluding hydrogens is 501 g/mol. The van der Waals surface area contributed by atoms with Gasteiger partial charge in [-0.3, -0.25) is 14.5 Å². The van der Waals surface area contributed by atoms with Gasteiger partial charge in [0.25, 0.3) is 11.8 Å². The van der Waals surface area contributed by atoms with Crippen LogP contribution < -0.4 is 5.73 Å². The number of aliphatic imine (C=N–C) groups is 1. The van der Waals surface area contributed by atoms with Crippen molar-refractivity contribution in [2.75, 3.05) is 33.3 Å². The molecule has 2 heterocycles. The Kier molecular flexibility index (Phi) is 7.02. The van der Waals surface area contributed by atoms with Crippen molar-refractivity contribution in [1.82, 2.24) is 14.7 Å². The highest BCUT2D eigenvalue weighted by Gasteiger charge is 2.50. The molecule has 10 heteroatoms. The lowest BCUT2D eigenvalue weighted by Gasteiger charge is -2.34. The Bertz CT molecular complexity index is 1380. The number of hydrogen-bond acceptors (Lipinski definition) is 6. The normalized spacial score (nSPS) is 16.7. The van der Waals surface area contributed by atoms with E-state index in [1.807, 2.05) is 60.7 Å². The Morgan fingerprint density at radius 1 is 0.923 bits per heavy atom. The first-order valence-electron chi connectivity index (χ1n) is 12.5. The fourth-order valence-corrected chi connectivity index (χ4v) is 5.09. The van der Waals surface area contributed by atoms with Crippen molar-refractivity contribution in [3.63, 3.8) is 0 Å². The number of carbonyl (C=O) groups excluding carboxylic acids is 3. The van der Waals surface area contributed by atoms with Crippen LogP contribution in [0.3, 0.4) is 0 Å². The van der Waals surface area contributed by atoms with Crippen LogP contribution >= 0.6 is 0 Å². The highest BCUT2D eigenvalue weighted by molar-refractivity contribution is 6.09. The monoisotopic (exact) mass is 529 g/mol. The third-order valence-corrected chi connectivity index (χ3v) is 7.04. The number of halogens is 1. The van der Waals surface area contributed by atoms with E-state index in [2.05, 4.69) is 4.99 Å². The zero-order chi connectivity index (χ0) is 27.6. The first kappa shape index (κ1) is 25.9. The zero-order valence-electron chi connectivity index (χ0n) is 21.4. The van der Waals surface area contributed by atoms with Crippen LogP contribution in [0.2, 0.25) is 0 Å². The van der Waals surface area contributed by atoms with E-state index in [1.54, 1.807) is 11.0 Å². The molecule has 1 fully saturated rings. The number of nitrogens with two attached hydrogens (primary N) is 1. The van der Waals surface area contributed by atoms with E-state index in [-0.39, 0.29) is 29.9 Å². The fraction of sp³-hybridized carbons (Fsp3) is 0.241. The summed E-state index contributed by atoms with van der Waals surface area (Å²) in [5.74, 6) is -1.33. The molecule has 0 spiro atoms. The maximum absolute atomic E-state index is 14.7. The number of amides is 3. The third-order valence-electron chi connectivity index (χ3n) is 7.04. The Morgan fingerprint density at radius 3 is 2.05 bits per heavy atom. The van der Waals surface area contributed by atoms with Gasteiger partial charge >= 0.3 is 6.09 Å². The van der Waals surface area contributed by atoms with E-state index in [0.717, 1.165) is 0 Å². The third kappa shape index (κ3) is 4.81. The van der Waals surface area contributed by atoms with E-state index in [4.69, 9.17) is 10.5 Å². The van der Waals surface area contributed by atoms with Gasteiger partial charge in [0.2, 0.25) is 0 Å². The molecule has 0 atom stereocenters. The number of piperazine rings is 1. The molecule has 0 aromatic heterocycles. The number of methoxy groups -OCH3 is 1. The lowest BCUT2D eigenvalue weighted by Crippen LogP contribution is -2.50. The van der Waals surface area contributed by atoms with Crippen LogP contribution in [0.5, 0.6) is 0 Å². The minimum absolute atomic E-state index is 0.00350. The molecule has 0 saturated carbocycles. The maximum Gasteiger partial charge on any atom is 0.409 e. The number of nitrogens with zero attached hydrogens (tertiary/aromatic N) is 4. The van der Waals surface area contributed by atoms with E-state index in [9.17, 15) is 18.8 Å². The van der Waals surface area contributed by atoms with Crippen LogP contribution in [-0.2, 0) is 21.6 Å². The first-order chi connectivity index (χ1) is 18.8. The minimum Gasteiger partial charge on any atom is -0.453 e. The molecule has 3 aromatic carbocycles. The summed E-state index contributed by atoms with van der Waals surface area (Å²) in [4.78, 5) is 48.0. The summed E-state index contributed by atoms with van der Waals surface area (Å²) in [6, 6.07) is 22.3.